The van der Waals surface area contributed by atoms with E-state index in [0.29, 0.717) is 37.6 Å². The lowest BCUT2D eigenvalue weighted by Crippen LogP contribution is -2.45. The van der Waals surface area contributed by atoms with Gasteiger partial charge in [0.25, 0.3) is 17.7 Å². The fourth-order valence-corrected chi connectivity index (χ4v) is 12.2. The van der Waals surface area contributed by atoms with E-state index in [1.54, 1.807) is 0 Å². The van der Waals surface area contributed by atoms with Crippen LogP contribution in [0.2, 0.25) is 0 Å². The third kappa shape index (κ3) is 12.8. The summed E-state index contributed by atoms with van der Waals surface area (Å²) in [5.74, 6) is -9.15. The maximum absolute atomic E-state index is 14.9. The number of esters is 3. The van der Waals surface area contributed by atoms with E-state index in [0.717, 1.165) is 18.2 Å². The topological polar surface area (TPSA) is 368 Å². The first-order chi connectivity index (χ1) is 44.0. The molecule has 3 aromatic carbocycles. The van der Waals surface area contributed by atoms with E-state index in [1.165, 1.54) is 46.1 Å². The molecule has 0 radical (unpaired) electrons. The molecule has 9 rings (SSSR count). The van der Waals surface area contributed by atoms with Gasteiger partial charge in [0.1, 0.15) is 78.4 Å². The summed E-state index contributed by atoms with van der Waals surface area (Å²) in [7, 11) is -16.8. The number of benzene rings is 3. The number of nitrogens with one attached hydrogen (secondary N) is 3. The van der Waals surface area contributed by atoms with Crippen LogP contribution in [-0.2, 0) is 92.8 Å². The molecule has 0 aliphatic carbocycles. The molecule has 506 valence electrons. The predicted molar refractivity (Wildman–Crippen MR) is 294 cm³/mol. The zero-order valence-electron chi connectivity index (χ0n) is 48.5. The highest BCUT2D eigenvalue weighted by molar-refractivity contribution is 7.91. The Morgan fingerprint density at radius 3 is 1.04 bits per heavy atom. The summed E-state index contributed by atoms with van der Waals surface area (Å²) < 4.78 is 240. The van der Waals surface area contributed by atoms with Crippen molar-refractivity contribution in [1.29, 1.82) is 0 Å². The van der Waals surface area contributed by atoms with Crippen LogP contribution in [0, 0.1) is 0 Å². The maximum atomic E-state index is 14.9. The van der Waals surface area contributed by atoms with E-state index < -0.39 is 183 Å². The Hall–Kier alpha value is -9.35. The van der Waals surface area contributed by atoms with Crippen molar-refractivity contribution in [3.05, 3.63) is 124 Å². The van der Waals surface area contributed by atoms with Gasteiger partial charge in [0, 0.05) is 45.0 Å². The predicted octanol–water partition coefficient (Wildman–Crippen LogP) is 4.74. The fraction of sp³-hybridized carbons (Fsp3) is 0.377. The summed E-state index contributed by atoms with van der Waals surface area (Å²) in [6.07, 6.45) is -0.464. The van der Waals surface area contributed by atoms with Gasteiger partial charge in [-0.3, -0.25) is 14.4 Å². The van der Waals surface area contributed by atoms with Crippen molar-refractivity contribution in [3.8, 4) is 34.5 Å². The standard InChI is InChI=1S/C53H48F9N9O20S3/c1-5-86-47(75)32(16-26-19-69(22-63-26)92(78,79)51(54,55)56)66-44(72)29-8-11-35-38-41(29)89-36-12-9-30(45(73)67-33(48(76)87-6-2)17-27-20-70(23-64-27)93(80,81)52(57,58)59)42-39(36)50(38,14-15-85-25-84-4)40-37(91-42)13-10-31(43(40)90-35)46(74)68-34(49(77)88-7-3)18-28-21-71(24-65-28)94(82,83)53(60,61)62/h8-13,19-24,32-34H,5-7,14-18,25H2,1-4H3,(H,66,72)(H,67,73)(H,68,74)/t32-,33-,34-,50?/m0/s1. The number of ether oxygens (including phenoxy) is 8. The number of imidazole rings is 3. The Kier molecular flexibility index (Phi) is 19.0. The maximum Gasteiger partial charge on any atom is 0.517 e. The quantitative estimate of drug-likeness (QED) is 0.0217. The Bertz CT molecular complexity index is 3960. The second kappa shape index (κ2) is 25.9. The second-order valence-corrected chi connectivity index (χ2v) is 25.6. The molecular formula is C53H48F9N9O20S3. The summed E-state index contributed by atoms with van der Waals surface area (Å²) in [6, 6.07) is 1.27. The van der Waals surface area contributed by atoms with Gasteiger partial charge in [-0.15, -0.1) is 0 Å². The molecule has 94 heavy (non-hydrogen) atoms. The highest BCUT2D eigenvalue weighted by Gasteiger charge is 2.58. The molecule has 3 aliphatic rings. The van der Waals surface area contributed by atoms with Crippen LogP contribution in [0.3, 0.4) is 0 Å². The molecular weight excluding hydrogens is 1350 g/mol. The van der Waals surface area contributed by atoms with Crippen molar-refractivity contribution < 1.29 is 131 Å². The fourth-order valence-electron chi connectivity index (χ4n) is 10.2. The number of rotatable bonds is 26. The lowest BCUT2D eigenvalue weighted by Gasteiger charge is -2.48. The molecule has 0 bridgehead atoms. The number of carbonyl (C=O) groups is 6. The number of aromatic nitrogens is 6. The van der Waals surface area contributed by atoms with Crippen molar-refractivity contribution in [1.82, 2.24) is 42.8 Å². The molecule has 0 fully saturated rings. The second-order valence-electron chi connectivity index (χ2n) is 20.1. The van der Waals surface area contributed by atoms with Crippen molar-refractivity contribution in [3.63, 3.8) is 0 Å². The molecule has 0 saturated heterocycles. The molecule has 0 unspecified atom stereocenters. The van der Waals surface area contributed by atoms with Gasteiger partial charge in [0.2, 0.25) is 0 Å². The van der Waals surface area contributed by atoms with Gasteiger partial charge in [0.05, 0.1) is 82.3 Å². The third-order valence-corrected chi connectivity index (χ3v) is 18.3. The Labute approximate surface area is 523 Å². The number of methoxy groups -OCH3 is 1. The first-order valence-electron chi connectivity index (χ1n) is 27.1. The Morgan fingerprint density at radius 1 is 0.500 bits per heavy atom. The number of hydrogen-bond donors (Lipinski definition) is 3. The summed E-state index contributed by atoms with van der Waals surface area (Å²) >= 11 is 0. The van der Waals surface area contributed by atoms with Crippen LogP contribution in [0.15, 0.2) is 74.0 Å². The molecule has 3 N–H and O–H groups in total. The first-order valence-corrected chi connectivity index (χ1v) is 31.5. The third-order valence-electron chi connectivity index (χ3n) is 14.3. The zero-order valence-corrected chi connectivity index (χ0v) is 50.9. The van der Waals surface area contributed by atoms with Gasteiger partial charge in [0.15, 0.2) is 0 Å². The van der Waals surface area contributed by atoms with Gasteiger partial charge in [-0.05, 0) is 63.6 Å². The molecule has 41 heteroatoms. The van der Waals surface area contributed by atoms with Crippen LogP contribution < -0.4 is 30.2 Å². The minimum absolute atomic E-state index is 0.131. The van der Waals surface area contributed by atoms with E-state index in [4.69, 9.17) is 37.9 Å². The van der Waals surface area contributed by atoms with Crippen molar-refractivity contribution in [2.45, 2.75) is 86.5 Å². The molecule has 3 aliphatic heterocycles. The smallest absolute Gasteiger partial charge is 0.464 e. The molecule has 6 heterocycles. The average molecular weight is 1400 g/mol. The lowest BCUT2D eigenvalue weighted by molar-refractivity contribution is -0.146. The van der Waals surface area contributed by atoms with Gasteiger partial charge in [-0.2, -0.15) is 64.8 Å². The minimum Gasteiger partial charge on any atom is -0.464 e. The highest BCUT2D eigenvalue weighted by atomic mass is 32.2. The van der Waals surface area contributed by atoms with Crippen LogP contribution in [0.1, 0.15) is 92.0 Å². The van der Waals surface area contributed by atoms with E-state index in [2.05, 4.69) is 30.9 Å². The normalized spacial score (nSPS) is 14.8. The van der Waals surface area contributed by atoms with E-state index in [9.17, 15) is 93.5 Å². The van der Waals surface area contributed by atoms with Gasteiger partial charge in [-0.25, -0.2) is 41.3 Å². The lowest BCUT2D eigenvalue weighted by atomic mass is 9.62. The monoisotopic (exact) mass is 1400 g/mol. The molecule has 6 aromatic rings. The number of nitrogens with zero attached hydrogens (tertiary/aromatic N) is 6. The number of carbonyl (C=O) groups excluding carboxylic acids is 6. The SMILES string of the molecule is CCOC(=O)[C@H](Cc1cn(S(=O)(=O)C(F)(F)F)cn1)NC(=O)c1ccc2c3c1Oc1ccc(C(=O)N[C@@H](Cc4cn(S(=O)(=O)C(F)(F)F)cn4)C(=O)OCC)c4c1C3(CCOCOC)c1c(ccc(C(=O)N[C@@H](Cc3cn(S(=O)(=O)C(F)(F)F)cn3)C(=O)OCC)c1O2)O4. The van der Waals surface area contributed by atoms with Crippen LogP contribution in [-0.4, -0.2) is 163 Å². The Morgan fingerprint density at radius 2 is 0.787 bits per heavy atom. The molecule has 0 saturated carbocycles. The van der Waals surface area contributed by atoms with E-state index >= 15 is 0 Å². The van der Waals surface area contributed by atoms with E-state index in [1.807, 2.05) is 0 Å². The number of amides is 3. The summed E-state index contributed by atoms with van der Waals surface area (Å²) in [4.78, 5) is 96.5. The molecule has 3 amide bonds. The van der Waals surface area contributed by atoms with Crippen molar-refractivity contribution >= 4 is 65.7 Å². The van der Waals surface area contributed by atoms with Gasteiger partial charge in [-0.1, -0.05) is 0 Å². The number of hydrogen-bond acceptors (Lipinski definition) is 23. The summed E-state index contributed by atoms with van der Waals surface area (Å²) in [5, 5.41) is 7.25. The number of halogens is 9. The highest BCUT2D eigenvalue weighted by Crippen LogP contribution is 2.69. The molecule has 0 spiro atoms. The van der Waals surface area contributed by atoms with Gasteiger partial charge < -0.3 is 53.8 Å². The Balaban J connectivity index is 1.19. The van der Waals surface area contributed by atoms with Gasteiger partial charge >= 0.3 is 64.5 Å². The summed E-state index contributed by atoms with van der Waals surface area (Å²) in [5.41, 5.74) is -22.5. The summed E-state index contributed by atoms with van der Waals surface area (Å²) in [6.45, 7) is 2.40. The van der Waals surface area contributed by atoms with E-state index in [-0.39, 0.29) is 78.7 Å². The largest absolute Gasteiger partial charge is 0.517 e. The van der Waals surface area contributed by atoms with Crippen LogP contribution in [0.4, 0.5) is 39.5 Å². The molecule has 29 nitrogen and oxygen atoms in total. The van der Waals surface area contributed by atoms with Crippen molar-refractivity contribution in [2.24, 2.45) is 0 Å². The first kappa shape index (κ1) is 69.0. The minimum atomic E-state index is -6.02. The van der Waals surface area contributed by atoms with Crippen LogP contribution in [0.5, 0.6) is 34.5 Å². The van der Waals surface area contributed by atoms with Crippen LogP contribution >= 0.6 is 0 Å². The number of alkyl halides is 9. The van der Waals surface area contributed by atoms with Crippen LogP contribution in [0.25, 0.3) is 0 Å². The molecule has 3 aromatic heterocycles. The average Bonchev–Trinajstić information content (AvgIpc) is 0.758. The van der Waals surface area contributed by atoms with Crippen molar-refractivity contribution in [2.75, 3.05) is 40.3 Å². The molecule has 3 atom stereocenters. The zero-order chi connectivity index (χ0) is 68.8.